The van der Waals surface area contributed by atoms with E-state index in [1.807, 2.05) is 13.8 Å². The Hall–Kier alpha value is -1.12. The molecule has 1 aromatic rings. The molecule has 110 valence electrons. The van der Waals surface area contributed by atoms with Crippen molar-refractivity contribution in [1.82, 2.24) is 14.5 Å². The van der Waals surface area contributed by atoms with Gasteiger partial charge in [0.15, 0.2) is 0 Å². The van der Waals surface area contributed by atoms with Gasteiger partial charge in [0.1, 0.15) is 10.7 Å². The van der Waals surface area contributed by atoms with Gasteiger partial charge < -0.3 is 10.5 Å². The Morgan fingerprint density at radius 3 is 2.84 bits per heavy atom. The van der Waals surface area contributed by atoms with Gasteiger partial charge in [-0.1, -0.05) is 6.92 Å². The molecular formula is C11H22N4O3S. The molecule has 8 heteroatoms. The van der Waals surface area contributed by atoms with Crippen LogP contribution in [0.2, 0.25) is 0 Å². The smallest absolute Gasteiger partial charge is 0.245 e. The van der Waals surface area contributed by atoms with E-state index in [1.54, 1.807) is 0 Å². The quantitative estimate of drug-likeness (QED) is 0.648. The van der Waals surface area contributed by atoms with Crippen molar-refractivity contribution in [2.45, 2.75) is 38.1 Å². The van der Waals surface area contributed by atoms with Crippen molar-refractivity contribution in [2.75, 3.05) is 25.5 Å². The Labute approximate surface area is 114 Å². The number of aromatic nitrogens is 2. The largest absolute Gasteiger partial charge is 0.383 e. The molecule has 0 bridgehead atoms. The van der Waals surface area contributed by atoms with Crippen LogP contribution in [0.3, 0.4) is 0 Å². The summed E-state index contributed by atoms with van der Waals surface area (Å²) >= 11 is 0. The number of hydrogen-bond acceptors (Lipinski definition) is 5. The van der Waals surface area contributed by atoms with Gasteiger partial charge in [-0.15, -0.1) is 0 Å². The molecule has 0 radical (unpaired) electrons. The van der Waals surface area contributed by atoms with Gasteiger partial charge in [-0.05, 0) is 19.8 Å². The van der Waals surface area contributed by atoms with Gasteiger partial charge in [-0.25, -0.2) is 17.8 Å². The molecule has 0 atom stereocenters. The van der Waals surface area contributed by atoms with Gasteiger partial charge >= 0.3 is 0 Å². The lowest BCUT2D eigenvalue weighted by Gasteiger charge is -2.07. The average Bonchev–Trinajstić information content (AvgIpc) is 2.72. The van der Waals surface area contributed by atoms with E-state index in [1.165, 1.54) is 10.9 Å². The fourth-order valence-corrected chi connectivity index (χ4v) is 2.71. The molecule has 0 unspecified atom stereocenters. The Kier molecular flexibility index (Phi) is 6.26. The summed E-state index contributed by atoms with van der Waals surface area (Å²) in [6.07, 6.45) is 2.75. The predicted octanol–water partition coefficient (Wildman–Crippen LogP) is 0.580. The lowest BCUT2D eigenvalue weighted by atomic mass is 10.5. The molecule has 0 aromatic carbocycles. The third-order valence-electron chi connectivity index (χ3n) is 2.53. The predicted molar refractivity (Wildman–Crippen MR) is 73.2 cm³/mol. The maximum atomic E-state index is 12.0. The van der Waals surface area contributed by atoms with Crippen LogP contribution in [0.25, 0.3) is 0 Å². The third kappa shape index (κ3) is 4.48. The highest BCUT2D eigenvalue weighted by Gasteiger charge is 2.20. The zero-order valence-electron chi connectivity index (χ0n) is 11.4. The first-order valence-corrected chi connectivity index (χ1v) is 7.90. The molecule has 7 nitrogen and oxygen atoms in total. The van der Waals surface area contributed by atoms with E-state index in [0.717, 1.165) is 6.42 Å². The summed E-state index contributed by atoms with van der Waals surface area (Å²) in [5.41, 5.74) is 5.78. The zero-order valence-corrected chi connectivity index (χ0v) is 12.2. The van der Waals surface area contributed by atoms with Crippen LogP contribution in [-0.2, 0) is 21.3 Å². The molecule has 0 saturated carbocycles. The van der Waals surface area contributed by atoms with Gasteiger partial charge in [0.2, 0.25) is 10.0 Å². The molecule has 0 spiro atoms. The van der Waals surface area contributed by atoms with Crippen molar-refractivity contribution in [2.24, 2.45) is 0 Å². The first-order chi connectivity index (χ1) is 9.03. The van der Waals surface area contributed by atoms with E-state index < -0.39 is 10.0 Å². The molecule has 0 aliphatic rings. The SMILES string of the molecule is CCCn1ncc(S(=O)(=O)NCCCOCC)c1N. The van der Waals surface area contributed by atoms with Gasteiger partial charge in [-0.3, -0.25) is 0 Å². The van der Waals surface area contributed by atoms with Crippen molar-refractivity contribution in [3.8, 4) is 0 Å². The molecule has 1 heterocycles. The molecule has 3 N–H and O–H groups in total. The number of nitrogens with one attached hydrogen (secondary N) is 1. The van der Waals surface area contributed by atoms with E-state index in [0.29, 0.717) is 32.7 Å². The second-order valence-corrected chi connectivity index (χ2v) is 5.80. The standard InChI is InChI=1S/C11H22N4O3S/c1-3-7-15-11(12)10(9-13-15)19(16,17)14-6-5-8-18-4-2/h9,14H,3-8,12H2,1-2H3. The Bertz CT molecular complexity index is 484. The number of nitrogens with zero attached hydrogens (tertiary/aromatic N) is 2. The molecule has 19 heavy (non-hydrogen) atoms. The minimum absolute atomic E-state index is 0.0392. The normalized spacial score (nSPS) is 11.9. The summed E-state index contributed by atoms with van der Waals surface area (Å²) < 4.78 is 33.2. The van der Waals surface area contributed by atoms with Gasteiger partial charge in [0, 0.05) is 26.3 Å². The molecular weight excluding hydrogens is 268 g/mol. The highest BCUT2D eigenvalue weighted by molar-refractivity contribution is 7.89. The highest BCUT2D eigenvalue weighted by Crippen LogP contribution is 2.17. The monoisotopic (exact) mass is 290 g/mol. The van der Waals surface area contributed by atoms with Crippen molar-refractivity contribution in [3.63, 3.8) is 0 Å². The summed E-state index contributed by atoms with van der Waals surface area (Å²) in [6.45, 7) is 5.95. The van der Waals surface area contributed by atoms with Gasteiger partial charge in [-0.2, -0.15) is 5.10 Å². The summed E-state index contributed by atoms with van der Waals surface area (Å²) in [5, 5.41) is 3.98. The van der Waals surface area contributed by atoms with E-state index >= 15 is 0 Å². The third-order valence-corrected chi connectivity index (χ3v) is 4.01. The number of sulfonamides is 1. The summed E-state index contributed by atoms with van der Waals surface area (Å²) in [6, 6.07) is 0. The molecule has 0 saturated heterocycles. The number of rotatable bonds is 9. The Morgan fingerprint density at radius 2 is 2.21 bits per heavy atom. The maximum Gasteiger partial charge on any atom is 0.245 e. The zero-order chi connectivity index (χ0) is 14.3. The Balaban J connectivity index is 2.62. The van der Waals surface area contributed by atoms with E-state index in [2.05, 4.69) is 9.82 Å². The van der Waals surface area contributed by atoms with Crippen LogP contribution in [0.1, 0.15) is 26.7 Å². The van der Waals surface area contributed by atoms with Crippen molar-refractivity contribution < 1.29 is 13.2 Å². The molecule has 0 amide bonds. The molecule has 0 fully saturated rings. The average molecular weight is 290 g/mol. The number of nitrogens with two attached hydrogens (primary N) is 1. The summed E-state index contributed by atoms with van der Waals surface area (Å²) in [7, 11) is -3.59. The number of ether oxygens (including phenoxy) is 1. The van der Waals surface area contributed by atoms with Crippen LogP contribution >= 0.6 is 0 Å². The Morgan fingerprint density at radius 1 is 1.47 bits per heavy atom. The number of aryl methyl sites for hydroxylation is 1. The van der Waals surface area contributed by atoms with E-state index in [9.17, 15) is 8.42 Å². The molecule has 0 aliphatic carbocycles. The number of nitrogen functional groups attached to an aromatic ring is 1. The maximum absolute atomic E-state index is 12.0. The fourth-order valence-electron chi connectivity index (χ4n) is 1.58. The lowest BCUT2D eigenvalue weighted by molar-refractivity contribution is 0.146. The van der Waals surface area contributed by atoms with Crippen LogP contribution in [0.15, 0.2) is 11.1 Å². The second kappa shape index (κ2) is 7.46. The van der Waals surface area contributed by atoms with Crippen LogP contribution in [-0.4, -0.2) is 38.0 Å². The molecule has 1 aromatic heterocycles. The summed E-state index contributed by atoms with van der Waals surface area (Å²) in [5.74, 6) is 0.180. The van der Waals surface area contributed by atoms with E-state index in [4.69, 9.17) is 10.5 Å². The van der Waals surface area contributed by atoms with Gasteiger partial charge in [0.25, 0.3) is 0 Å². The van der Waals surface area contributed by atoms with Crippen molar-refractivity contribution >= 4 is 15.8 Å². The second-order valence-electron chi connectivity index (χ2n) is 4.07. The highest BCUT2D eigenvalue weighted by atomic mass is 32.2. The van der Waals surface area contributed by atoms with Crippen LogP contribution in [0.4, 0.5) is 5.82 Å². The number of hydrogen-bond donors (Lipinski definition) is 2. The van der Waals surface area contributed by atoms with Crippen LogP contribution in [0, 0.1) is 0 Å². The number of anilines is 1. The fraction of sp³-hybridized carbons (Fsp3) is 0.727. The van der Waals surface area contributed by atoms with Gasteiger partial charge in [0.05, 0.1) is 6.20 Å². The van der Waals surface area contributed by atoms with E-state index in [-0.39, 0.29) is 10.7 Å². The topological polar surface area (TPSA) is 99.2 Å². The lowest BCUT2D eigenvalue weighted by Crippen LogP contribution is -2.26. The summed E-state index contributed by atoms with van der Waals surface area (Å²) in [4.78, 5) is 0.0392. The van der Waals surface area contributed by atoms with Crippen molar-refractivity contribution in [1.29, 1.82) is 0 Å². The van der Waals surface area contributed by atoms with Crippen LogP contribution < -0.4 is 10.5 Å². The minimum Gasteiger partial charge on any atom is -0.383 e. The van der Waals surface area contributed by atoms with Crippen molar-refractivity contribution in [3.05, 3.63) is 6.20 Å². The first-order valence-electron chi connectivity index (χ1n) is 6.41. The first kappa shape index (κ1) is 15.9. The molecule has 1 rings (SSSR count). The van der Waals surface area contributed by atoms with Crippen LogP contribution in [0.5, 0.6) is 0 Å². The minimum atomic E-state index is -3.59. The molecule has 0 aliphatic heterocycles.